The van der Waals surface area contributed by atoms with Crippen molar-refractivity contribution in [1.29, 1.82) is 5.41 Å². The van der Waals surface area contributed by atoms with E-state index in [-0.39, 0.29) is 29.2 Å². The quantitative estimate of drug-likeness (QED) is 0.732. The van der Waals surface area contributed by atoms with Gasteiger partial charge < -0.3 is 14.9 Å². The molecule has 1 saturated heterocycles. The first-order valence-corrected chi connectivity index (χ1v) is 8.25. The average molecular weight is 356 g/mol. The molecule has 1 aliphatic rings. The molecule has 128 valence electrons. The van der Waals surface area contributed by atoms with Crippen molar-refractivity contribution in [3.8, 4) is 11.5 Å². The summed E-state index contributed by atoms with van der Waals surface area (Å²) >= 11 is 1.06. The number of hydrogen-bond acceptors (Lipinski definition) is 6. The third-order valence-electron chi connectivity index (χ3n) is 3.70. The van der Waals surface area contributed by atoms with Crippen molar-refractivity contribution in [3.63, 3.8) is 0 Å². The zero-order valence-electron chi connectivity index (χ0n) is 13.4. The normalized spacial score (nSPS) is 15.9. The summed E-state index contributed by atoms with van der Waals surface area (Å²) in [5.41, 5.74) is 1.53. The number of nitrogens with zero attached hydrogens (tertiary/aromatic N) is 1. The molecule has 0 atom stereocenters. The van der Waals surface area contributed by atoms with E-state index in [9.17, 15) is 15.0 Å². The van der Waals surface area contributed by atoms with Crippen molar-refractivity contribution in [2.75, 3.05) is 12.0 Å². The monoisotopic (exact) mass is 356 g/mol. The second-order valence-corrected chi connectivity index (χ2v) is 6.31. The Balaban J connectivity index is 1.98. The zero-order valence-corrected chi connectivity index (χ0v) is 14.2. The SMILES string of the molecule is COc1cc(C=C2SC(=N)N(c3ccccc3)C2=O)cc(CO)c1O. The number of carbonyl (C=O) groups is 1. The van der Waals surface area contributed by atoms with Crippen LogP contribution in [0.3, 0.4) is 0 Å². The highest BCUT2D eigenvalue weighted by Gasteiger charge is 2.33. The van der Waals surface area contributed by atoms with Gasteiger partial charge in [-0.25, -0.2) is 0 Å². The van der Waals surface area contributed by atoms with Gasteiger partial charge >= 0.3 is 0 Å². The average Bonchev–Trinajstić information content (AvgIpc) is 2.90. The molecule has 3 rings (SSSR count). The van der Waals surface area contributed by atoms with Crippen LogP contribution in [-0.4, -0.2) is 28.4 Å². The number of nitrogens with one attached hydrogen (secondary N) is 1. The van der Waals surface area contributed by atoms with Crippen LogP contribution in [0.1, 0.15) is 11.1 Å². The van der Waals surface area contributed by atoms with E-state index in [0.29, 0.717) is 21.7 Å². The third-order valence-corrected chi connectivity index (χ3v) is 4.59. The van der Waals surface area contributed by atoms with Crippen molar-refractivity contribution < 1.29 is 19.7 Å². The number of amides is 1. The molecule has 1 aliphatic heterocycles. The van der Waals surface area contributed by atoms with Crippen molar-refractivity contribution in [2.24, 2.45) is 0 Å². The van der Waals surface area contributed by atoms with E-state index in [1.165, 1.54) is 12.0 Å². The smallest absolute Gasteiger partial charge is 0.271 e. The summed E-state index contributed by atoms with van der Waals surface area (Å²) < 4.78 is 5.10. The van der Waals surface area contributed by atoms with E-state index in [1.54, 1.807) is 42.5 Å². The molecule has 3 N–H and O–H groups in total. The Morgan fingerprint density at radius 2 is 2.00 bits per heavy atom. The first-order chi connectivity index (χ1) is 12.0. The minimum Gasteiger partial charge on any atom is -0.504 e. The van der Waals surface area contributed by atoms with E-state index in [0.717, 1.165) is 11.8 Å². The molecule has 0 unspecified atom stereocenters. The second kappa shape index (κ2) is 7.00. The largest absolute Gasteiger partial charge is 0.504 e. The molecule has 6 nitrogen and oxygen atoms in total. The fourth-order valence-electron chi connectivity index (χ4n) is 2.50. The number of aliphatic hydroxyl groups excluding tert-OH is 1. The van der Waals surface area contributed by atoms with Crippen LogP contribution in [0.5, 0.6) is 11.5 Å². The van der Waals surface area contributed by atoms with Crippen LogP contribution in [0.15, 0.2) is 47.4 Å². The molecule has 1 heterocycles. The minimum atomic E-state index is -0.355. The van der Waals surface area contributed by atoms with Crippen molar-refractivity contribution in [3.05, 3.63) is 58.5 Å². The molecule has 0 aromatic heterocycles. The Hall–Kier alpha value is -2.77. The predicted octanol–water partition coefficient (Wildman–Crippen LogP) is 2.95. The van der Waals surface area contributed by atoms with Crippen molar-refractivity contribution >= 4 is 34.6 Å². The van der Waals surface area contributed by atoms with Crippen LogP contribution in [0, 0.1) is 5.41 Å². The minimum absolute atomic E-state index is 0.121. The van der Waals surface area contributed by atoms with E-state index in [1.807, 2.05) is 6.07 Å². The fourth-order valence-corrected chi connectivity index (χ4v) is 3.36. The Bertz CT molecular complexity index is 840. The van der Waals surface area contributed by atoms with Crippen LogP contribution >= 0.6 is 11.8 Å². The third kappa shape index (κ3) is 3.24. The van der Waals surface area contributed by atoms with Gasteiger partial charge in [-0.15, -0.1) is 0 Å². The van der Waals surface area contributed by atoms with Crippen LogP contribution in [0.25, 0.3) is 6.08 Å². The summed E-state index contributed by atoms with van der Waals surface area (Å²) in [6, 6.07) is 12.1. The summed E-state index contributed by atoms with van der Waals surface area (Å²) in [7, 11) is 1.41. The molecule has 0 bridgehead atoms. The molecular formula is C18H16N2O4S. The lowest BCUT2D eigenvalue weighted by molar-refractivity contribution is -0.113. The molecule has 1 fully saturated rings. The van der Waals surface area contributed by atoms with E-state index in [4.69, 9.17) is 10.1 Å². The topological polar surface area (TPSA) is 93.9 Å². The lowest BCUT2D eigenvalue weighted by Gasteiger charge is -2.13. The van der Waals surface area contributed by atoms with Gasteiger partial charge in [0.25, 0.3) is 5.91 Å². The van der Waals surface area contributed by atoms with Gasteiger partial charge in [-0.3, -0.25) is 15.1 Å². The zero-order chi connectivity index (χ0) is 18.0. The molecule has 0 radical (unpaired) electrons. The summed E-state index contributed by atoms with van der Waals surface area (Å²) in [6.07, 6.45) is 1.62. The standard InChI is InChI=1S/C18H16N2O4S/c1-24-14-8-11(7-12(10-21)16(14)22)9-15-17(23)20(18(19)25-15)13-5-3-2-4-6-13/h2-9,19,21-22H,10H2,1H3. The van der Waals surface area contributed by atoms with Crippen LogP contribution in [-0.2, 0) is 11.4 Å². The maximum absolute atomic E-state index is 12.7. The maximum atomic E-state index is 12.7. The van der Waals surface area contributed by atoms with Gasteiger partial charge in [0.2, 0.25) is 0 Å². The summed E-state index contributed by atoms with van der Waals surface area (Å²) in [6.45, 7) is -0.355. The lowest BCUT2D eigenvalue weighted by Crippen LogP contribution is -2.27. The van der Waals surface area contributed by atoms with Crippen LogP contribution in [0.4, 0.5) is 5.69 Å². The Labute approximate surface area is 148 Å². The molecule has 0 saturated carbocycles. The number of para-hydroxylation sites is 1. The Morgan fingerprint density at radius 3 is 2.64 bits per heavy atom. The van der Waals surface area contributed by atoms with Gasteiger partial charge in [0.1, 0.15) is 0 Å². The Kier molecular flexibility index (Phi) is 4.78. The van der Waals surface area contributed by atoms with Gasteiger partial charge in [-0.05, 0) is 47.7 Å². The van der Waals surface area contributed by atoms with Crippen molar-refractivity contribution in [2.45, 2.75) is 6.61 Å². The predicted molar refractivity (Wildman–Crippen MR) is 97.8 cm³/mol. The number of ether oxygens (including phenoxy) is 1. The number of thioether (sulfide) groups is 1. The number of rotatable bonds is 4. The van der Waals surface area contributed by atoms with Crippen molar-refractivity contribution in [1.82, 2.24) is 0 Å². The molecule has 7 heteroatoms. The number of aromatic hydroxyl groups is 1. The first kappa shape index (κ1) is 17.1. The van der Waals surface area contributed by atoms with Crippen LogP contribution in [0.2, 0.25) is 0 Å². The number of amidine groups is 1. The molecule has 25 heavy (non-hydrogen) atoms. The highest BCUT2D eigenvalue weighted by molar-refractivity contribution is 8.19. The van der Waals surface area contributed by atoms with Crippen LogP contribution < -0.4 is 9.64 Å². The number of phenols is 1. The summed E-state index contributed by atoms with van der Waals surface area (Å²) in [5.74, 6) is -0.209. The second-order valence-electron chi connectivity index (χ2n) is 5.28. The summed E-state index contributed by atoms with van der Waals surface area (Å²) in [4.78, 5) is 14.4. The molecule has 2 aromatic carbocycles. The van der Waals surface area contributed by atoms with Gasteiger partial charge in [-0.2, -0.15) is 0 Å². The number of carbonyl (C=O) groups excluding carboxylic acids is 1. The van der Waals surface area contributed by atoms with Gasteiger partial charge in [0.05, 0.1) is 24.3 Å². The number of aliphatic hydroxyl groups is 1. The maximum Gasteiger partial charge on any atom is 0.271 e. The van der Waals surface area contributed by atoms with Gasteiger partial charge in [0.15, 0.2) is 16.7 Å². The lowest BCUT2D eigenvalue weighted by atomic mass is 10.1. The van der Waals surface area contributed by atoms with E-state index in [2.05, 4.69) is 0 Å². The molecule has 1 amide bonds. The van der Waals surface area contributed by atoms with Gasteiger partial charge in [0, 0.05) is 5.56 Å². The fraction of sp³-hybridized carbons (Fsp3) is 0.111. The Morgan fingerprint density at radius 1 is 1.28 bits per heavy atom. The molecule has 0 aliphatic carbocycles. The van der Waals surface area contributed by atoms with E-state index < -0.39 is 0 Å². The molecule has 2 aromatic rings. The molecular weight excluding hydrogens is 340 g/mol. The van der Waals surface area contributed by atoms with Gasteiger partial charge in [-0.1, -0.05) is 18.2 Å². The first-order valence-electron chi connectivity index (χ1n) is 7.43. The highest BCUT2D eigenvalue weighted by atomic mass is 32.2. The number of methoxy groups -OCH3 is 1. The highest BCUT2D eigenvalue weighted by Crippen LogP contribution is 2.37. The summed E-state index contributed by atoms with van der Waals surface area (Å²) in [5, 5.41) is 27.5. The number of benzene rings is 2. The van der Waals surface area contributed by atoms with E-state index >= 15 is 0 Å². The number of anilines is 1. The number of hydrogen-bond donors (Lipinski definition) is 3. The molecule has 0 spiro atoms.